The molecule has 0 fully saturated rings. The van der Waals surface area contributed by atoms with Crippen molar-refractivity contribution >= 4 is 0 Å². The summed E-state index contributed by atoms with van der Waals surface area (Å²) in [6.45, 7) is 0. The first-order valence-electron chi connectivity index (χ1n) is 16.4. The molecule has 0 unspecified atom stereocenters. The molecule has 0 bridgehead atoms. The molecule has 0 amide bonds. The van der Waals surface area contributed by atoms with Crippen molar-refractivity contribution in [2.75, 3.05) is 0 Å². The molecule has 6 aromatic carbocycles. The normalized spacial score (nSPS) is 11.6. The summed E-state index contributed by atoms with van der Waals surface area (Å²) in [5, 5.41) is 0. The van der Waals surface area contributed by atoms with Crippen LogP contribution in [0.4, 0.5) is 0 Å². The zero-order chi connectivity index (χ0) is 32.6. The number of hydrogen-bond donors (Lipinski definition) is 0. The van der Waals surface area contributed by atoms with Crippen LogP contribution in [0.1, 0.15) is 11.1 Å². The Morgan fingerprint density at radius 3 is 1.49 bits per heavy atom. The highest BCUT2D eigenvalue weighted by Gasteiger charge is 2.24. The first kappa shape index (κ1) is 28.6. The molecule has 5 nitrogen and oxygen atoms in total. The molecule has 1 aliphatic rings. The molecule has 2 aromatic heterocycles. The second-order valence-electron chi connectivity index (χ2n) is 12.2. The van der Waals surface area contributed by atoms with Crippen molar-refractivity contribution in [3.05, 3.63) is 175 Å². The second kappa shape index (κ2) is 12.2. The SMILES string of the molecule is c1ccc(-c2cc(-c3cccc(-c4nc(-c5ccccc5)nc(-c5ccccc5)n4)c3)cc(-c3ncnc4c3Cc3ccccc3-4)c2)cc1. The number of fused-ring (bicyclic) bond motifs is 3. The summed E-state index contributed by atoms with van der Waals surface area (Å²) >= 11 is 0. The lowest BCUT2D eigenvalue weighted by Gasteiger charge is -2.14. The Balaban J connectivity index is 1.19. The average Bonchev–Trinajstić information content (AvgIpc) is 3.58. The number of nitrogens with zero attached hydrogens (tertiary/aromatic N) is 5. The Kier molecular flexibility index (Phi) is 7.13. The van der Waals surface area contributed by atoms with Gasteiger partial charge in [0.05, 0.1) is 11.4 Å². The van der Waals surface area contributed by atoms with Gasteiger partial charge in [0, 0.05) is 39.8 Å². The van der Waals surface area contributed by atoms with E-state index in [1.54, 1.807) is 6.33 Å². The quantitative estimate of drug-likeness (QED) is 0.184. The maximum Gasteiger partial charge on any atom is 0.164 e. The van der Waals surface area contributed by atoms with Crippen molar-refractivity contribution in [2.45, 2.75) is 6.42 Å². The van der Waals surface area contributed by atoms with E-state index in [2.05, 4.69) is 91.0 Å². The van der Waals surface area contributed by atoms with Gasteiger partial charge in [-0.15, -0.1) is 0 Å². The van der Waals surface area contributed by atoms with E-state index in [1.807, 2.05) is 66.7 Å². The Morgan fingerprint density at radius 1 is 0.347 bits per heavy atom. The molecule has 0 aliphatic heterocycles. The summed E-state index contributed by atoms with van der Waals surface area (Å²) in [5.74, 6) is 1.91. The first-order chi connectivity index (χ1) is 24.3. The number of benzene rings is 6. The summed E-state index contributed by atoms with van der Waals surface area (Å²) in [6.07, 6.45) is 2.51. The lowest BCUT2D eigenvalue weighted by atomic mass is 9.93. The topological polar surface area (TPSA) is 64.5 Å². The maximum absolute atomic E-state index is 4.98. The molecule has 0 atom stereocenters. The fourth-order valence-electron chi connectivity index (χ4n) is 6.66. The lowest BCUT2D eigenvalue weighted by Crippen LogP contribution is -2.00. The van der Waals surface area contributed by atoms with E-state index < -0.39 is 0 Å². The Labute approximate surface area is 284 Å². The molecule has 0 N–H and O–H groups in total. The van der Waals surface area contributed by atoms with E-state index in [4.69, 9.17) is 24.9 Å². The first-order valence-corrected chi connectivity index (χ1v) is 16.4. The maximum atomic E-state index is 4.98. The number of rotatable bonds is 6. The van der Waals surface area contributed by atoms with Crippen molar-refractivity contribution in [1.29, 1.82) is 0 Å². The summed E-state index contributed by atoms with van der Waals surface area (Å²) in [6, 6.07) is 54.4. The third kappa shape index (κ3) is 5.47. The van der Waals surface area contributed by atoms with Crippen LogP contribution in [0.5, 0.6) is 0 Å². The van der Waals surface area contributed by atoms with E-state index in [1.165, 1.54) is 16.7 Å². The number of aromatic nitrogens is 5. The largest absolute Gasteiger partial charge is 0.236 e. The summed E-state index contributed by atoms with van der Waals surface area (Å²) in [5.41, 5.74) is 13.9. The predicted molar refractivity (Wildman–Crippen MR) is 196 cm³/mol. The molecule has 9 rings (SSSR count). The second-order valence-corrected chi connectivity index (χ2v) is 12.2. The molecule has 0 saturated heterocycles. The van der Waals surface area contributed by atoms with Crippen LogP contribution in [0.3, 0.4) is 0 Å². The van der Waals surface area contributed by atoms with Gasteiger partial charge in [0.2, 0.25) is 0 Å². The fraction of sp³-hybridized carbons (Fsp3) is 0.0227. The zero-order valence-corrected chi connectivity index (χ0v) is 26.5. The van der Waals surface area contributed by atoms with E-state index in [0.29, 0.717) is 17.5 Å². The average molecular weight is 628 g/mol. The third-order valence-corrected chi connectivity index (χ3v) is 9.05. The molecule has 0 radical (unpaired) electrons. The van der Waals surface area contributed by atoms with Crippen LogP contribution < -0.4 is 0 Å². The molecule has 1 aliphatic carbocycles. The van der Waals surface area contributed by atoms with Crippen LogP contribution in [0.15, 0.2) is 164 Å². The van der Waals surface area contributed by atoms with E-state index >= 15 is 0 Å². The molecule has 0 saturated carbocycles. The van der Waals surface area contributed by atoms with E-state index in [9.17, 15) is 0 Å². The Bertz CT molecular complexity index is 2400. The van der Waals surface area contributed by atoms with Crippen LogP contribution in [0.2, 0.25) is 0 Å². The zero-order valence-electron chi connectivity index (χ0n) is 26.5. The summed E-state index contributed by atoms with van der Waals surface area (Å²) in [7, 11) is 0. The van der Waals surface area contributed by atoms with E-state index in [-0.39, 0.29) is 0 Å². The predicted octanol–water partition coefficient (Wildman–Crippen LogP) is 10.2. The van der Waals surface area contributed by atoms with Crippen LogP contribution in [-0.4, -0.2) is 24.9 Å². The van der Waals surface area contributed by atoms with Gasteiger partial charge in [-0.2, -0.15) is 0 Å². The molecular formula is C44H29N5. The lowest BCUT2D eigenvalue weighted by molar-refractivity contribution is 1.07. The third-order valence-electron chi connectivity index (χ3n) is 9.05. The molecule has 5 heteroatoms. The Morgan fingerprint density at radius 2 is 0.816 bits per heavy atom. The van der Waals surface area contributed by atoms with Crippen LogP contribution in [0, 0.1) is 0 Å². The van der Waals surface area contributed by atoms with Crippen molar-refractivity contribution in [3.63, 3.8) is 0 Å². The summed E-state index contributed by atoms with van der Waals surface area (Å²) in [4.78, 5) is 24.4. The van der Waals surface area contributed by atoms with Gasteiger partial charge in [-0.3, -0.25) is 0 Å². The molecular weight excluding hydrogens is 599 g/mol. The van der Waals surface area contributed by atoms with Gasteiger partial charge in [-0.1, -0.05) is 133 Å². The standard InChI is InChI=1S/C44H29N5/c1-4-13-29(14-5-1)35-24-36(26-37(25-35)40-39-27-33-19-10-11-22-38(33)41(39)46-28-45-40)32-20-12-21-34(23-32)44-48-42(30-15-6-2-7-16-30)47-43(49-44)31-17-8-3-9-18-31/h1-26,28H,27H2. The molecule has 8 aromatic rings. The molecule has 2 heterocycles. The van der Waals surface area contributed by atoms with Gasteiger partial charge in [-0.05, 0) is 52.1 Å². The van der Waals surface area contributed by atoms with Crippen LogP contribution in [-0.2, 0) is 6.42 Å². The monoisotopic (exact) mass is 627 g/mol. The van der Waals surface area contributed by atoms with Gasteiger partial charge in [0.25, 0.3) is 0 Å². The highest BCUT2D eigenvalue weighted by atomic mass is 15.0. The van der Waals surface area contributed by atoms with Gasteiger partial charge in [-0.25, -0.2) is 24.9 Å². The van der Waals surface area contributed by atoms with Crippen molar-refractivity contribution in [1.82, 2.24) is 24.9 Å². The molecule has 230 valence electrons. The van der Waals surface area contributed by atoms with Crippen LogP contribution in [0.25, 0.3) is 78.9 Å². The minimum Gasteiger partial charge on any atom is -0.236 e. The smallest absolute Gasteiger partial charge is 0.164 e. The highest BCUT2D eigenvalue weighted by molar-refractivity contribution is 5.86. The van der Waals surface area contributed by atoms with Gasteiger partial charge in [0.15, 0.2) is 17.5 Å². The molecule has 49 heavy (non-hydrogen) atoms. The van der Waals surface area contributed by atoms with Crippen LogP contribution >= 0.6 is 0 Å². The van der Waals surface area contributed by atoms with Crippen molar-refractivity contribution in [3.8, 4) is 78.9 Å². The highest BCUT2D eigenvalue weighted by Crippen LogP contribution is 2.41. The Hall–Kier alpha value is -6.59. The van der Waals surface area contributed by atoms with Gasteiger partial charge < -0.3 is 0 Å². The van der Waals surface area contributed by atoms with Gasteiger partial charge in [0.1, 0.15) is 6.33 Å². The molecule has 0 spiro atoms. The number of hydrogen-bond acceptors (Lipinski definition) is 5. The fourth-order valence-corrected chi connectivity index (χ4v) is 6.66. The van der Waals surface area contributed by atoms with Gasteiger partial charge >= 0.3 is 0 Å². The summed E-state index contributed by atoms with van der Waals surface area (Å²) < 4.78 is 0. The van der Waals surface area contributed by atoms with Crippen molar-refractivity contribution < 1.29 is 0 Å². The minimum absolute atomic E-state index is 0.625. The van der Waals surface area contributed by atoms with Crippen molar-refractivity contribution in [2.24, 2.45) is 0 Å². The van der Waals surface area contributed by atoms with E-state index in [0.717, 1.165) is 62.3 Å². The minimum atomic E-state index is 0.625.